The van der Waals surface area contributed by atoms with Gasteiger partial charge in [0.15, 0.2) is 0 Å². The van der Waals surface area contributed by atoms with Gasteiger partial charge < -0.3 is 20.1 Å². The Labute approximate surface area is 164 Å². The van der Waals surface area contributed by atoms with Gasteiger partial charge in [0.25, 0.3) is 0 Å². The molecule has 1 aliphatic carbocycles. The summed E-state index contributed by atoms with van der Waals surface area (Å²) in [4.78, 5) is 23.0. The molecular weight excluding hydrogens is 356 g/mol. The highest BCUT2D eigenvalue weighted by molar-refractivity contribution is 5.79. The van der Waals surface area contributed by atoms with Gasteiger partial charge in [0.1, 0.15) is 11.6 Å². The third kappa shape index (κ3) is 4.09. The van der Waals surface area contributed by atoms with Gasteiger partial charge in [-0.25, -0.2) is 4.98 Å². The van der Waals surface area contributed by atoms with Gasteiger partial charge in [-0.1, -0.05) is 12.1 Å². The summed E-state index contributed by atoms with van der Waals surface area (Å²) in [6, 6.07) is 7.58. The van der Waals surface area contributed by atoms with Crippen LogP contribution in [-0.4, -0.2) is 58.2 Å². The number of fused-ring (bicyclic) bond motifs is 1. The summed E-state index contributed by atoms with van der Waals surface area (Å²) in [7, 11) is 1.63. The summed E-state index contributed by atoms with van der Waals surface area (Å²) >= 11 is 0. The van der Waals surface area contributed by atoms with E-state index in [1.54, 1.807) is 25.7 Å². The number of nitrogens with zero attached hydrogens (tertiary/aromatic N) is 3. The zero-order valence-electron chi connectivity index (χ0n) is 16.0. The molecule has 0 unspecified atom stereocenters. The third-order valence-electron chi connectivity index (χ3n) is 5.88. The van der Waals surface area contributed by atoms with Crippen molar-refractivity contribution in [1.29, 1.82) is 0 Å². The molecule has 28 heavy (non-hydrogen) atoms. The monoisotopic (exact) mass is 382 g/mol. The van der Waals surface area contributed by atoms with Gasteiger partial charge in [-0.2, -0.15) is 0 Å². The smallest absolute Gasteiger partial charge is 0.227 e. The van der Waals surface area contributed by atoms with Crippen LogP contribution in [0.15, 0.2) is 42.9 Å². The van der Waals surface area contributed by atoms with Crippen molar-refractivity contribution < 1.29 is 14.6 Å². The molecule has 2 aliphatic rings. The van der Waals surface area contributed by atoms with Gasteiger partial charge in [0, 0.05) is 25.5 Å². The molecule has 2 fully saturated rings. The fourth-order valence-corrected chi connectivity index (χ4v) is 4.42. The van der Waals surface area contributed by atoms with Crippen LogP contribution in [0.25, 0.3) is 0 Å². The van der Waals surface area contributed by atoms with Crippen LogP contribution in [0.5, 0.6) is 5.75 Å². The van der Waals surface area contributed by atoms with E-state index < -0.39 is 6.10 Å². The van der Waals surface area contributed by atoms with E-state index in [4.69, 9.17) is 4.74 Å². The molecule has 0 radical (unpaired) electrons. The number of ether oxygens (including phenoxy) is 1. The predicted molar refractivity (Wildman–Crippen MR) is 105 cm³/mol. The fourth-order valence-electron chi connectivity index (χ4n) is 4.42. The van der Waals surface area contributed by atoms with Crippen LogP contribution >= 0.6 is 0 Å². The second-order valence-electron chi connectivity index (χ2n) is 7.73. The molecule has 1 aliphatic heterocycles. The molecule has 2 aromatic rings. The van der Waals surface area contributed by atoms with E-state index in [0.29, 0.717) is 30.5 Å². The van der Waals surface area contributed by atoms with Crippen LogP contribution in [-0.2, 0) is 11.2 Å². The summed E-state index contributed by atoms with van der Waals surface area (Å²) < 4.78 is 5.24. The molecule has 1 saturated carbocycles. The number of carbonyl (C=O) groups excluding carboxylic acids is 1. The van der Waals surface area contributed by atoms with Gasteiger partial charge in [0.2, 0.25) is 5.91 Å². The van der Waals surface area contributed by atoms with Crippen LogP contribution in [0.4, 0.5) is 5.82 Å². The highest BCUT2D eigenvalue weighted by Gasteiger charge is 2.43. The molecule has 0 spiro atoms. The van der Waals surface area contributed by atoms with Crippen LogP contribution < -0.4 is 10.1 Å². The minimum Gasteiger partial charge on any atom is -0.497 e. The van der Waals surface area contributed by atoms with Crippen LogP contribution in [0.1, 0.15) is 18.4 Å². The molecule has 4 rings (SSSR count). The summed E-state index contributed by atoms with van der Waals surface area (Å²) in [6.45, 7) is 1.47. The minimum atomic E-state index is -0.448. The van der Waals surface area contributed by atoms with Crippen molar-refractivity contribution in [2.45, 2.75) is 31.4 Å². The quantitative estimate of drug-likeness (QED) is 0.819. The molecule has 4 atom stereocenters. The number of benzene rings is 1. The Morgan fingerprint density at radius 2 is 2.11 bits per heavy atom. The molecule has 7 heteroatoms. The summed E-state index contributed by atoms with van der Waals surface area (Å²) in [5.41, 5.74) is 0.960. The molecule has 1 saturated heterocycles. The standard InChI is InChI=1S/C21H26N4O3/c1-28-17-4-2-3-14(7-17)8-21(27)25-12-15-9-18(19(26)10-16(15)13-25)24-20-11-22-5-6-23-20/h2-7,11,15-16,18-19,26H,8-10,12-13H2,1H3,(H,23,24)/t15-,16+,18-,19-/m1/s1. The first-order chi connectivity index (χ1) is 13.6. The molecule has 2 heterocycles. The number of methoxy groups -OCH3 is 1. The first-order valence-electron chi connectivity index (χ1n) is 9.73. The lowest BCUT2D eigenvalue weighted by Crippen LogP contribution is -2.43. The third-order valence-corrected chi connectivity index (χ3v) is 5.88. The summed E-state index contributed by atoms with van der Waals surface area (Å²) in [5, 5.41) is 13.9. The first-order valence-corrected chi connectivity index (χ1v) is 9.73. The van der Waals surface area contributed by atoms with E-state index in [1.165, 1.54) is 0 Å². The van der Waals surface area contributed by atoms with E-state index in [0.717, 1.165) is 30.8 Å². The molecule has 148 valence electrons. The van der Waals surface area contributed by atoms with Crippen LogP contribution in [0, 0.1) is 11.8 Å². The van der Waals surface area contributed by atoms with Crippen molar-refractivity contribution >= 4 is 11.7 Å². The van der Waals surface area contributed by atoms with Gasteiger partial charge in [-0.05, 0) is 42.4 Å². The Kier molecular flexibility index (Phi) is 5.43. The van der Waals surface area contributed by atoms with Gasteiger partial charge in [-0.3, -0.25) is 9.78 Å². The van der Waals surface area contributed by atoms with E-state index in [1.807, 2.05) is 29.2 Å². The average Bonchev–Trinajstić information content (AvgIpc) is 3.12. The Balaban J connectivity index is 1.36. The van der Waals surface area contributed by atoms with Crippen molar-refractivity contribution in [3.8, 4) is 5.75 Å². The number of hydrogen-bond acceptors (Lipinski definition) is 6. The number of carbonyl (C=O) groups is 1. The fraction of sp³-hybridized carbons (Fsp3) is 0.476. The number of hydrogen-bond donors (Lipinski definition) is 2. The Hall–Kier alpha value is -2.67. The number of rotatable bonds is 5. The summed E-state index contributed by atoms with van der Waals surface area (Å²) in [5.74, 6) is 2.32. The van der Waals surface area contributed by atoms with Gasteiger partial charge in [0.05, 0.1) is 31.9 Å². The number of aromatic nitrogens is 2. The second kappa shape index (κ2) is 8.14. The van der Waals surface area contributed by atoms with Crippen LogP contribution in [0.2, 0.25) is 0 Å². The van der Waals surface area contributed by atoms with E-state index >= 15 is 0 Å². The van der Waals surface area contributed by atoms with Crippen LogP contribution in [0.3, 0.4) is 0 Å². The first kappa shape index (κ1) is 18.7. The maximum absolute atomic E-state index is 12.8. The van der Waals surface area contributed by atoms with Crippen molar-refractivity contribution in [3.63, 3.8) is 0 Å². The van der Waals surface area contributed by atoms with Crippen molar-refractivity contribution in [2.75, 3.05) is 25.5 Å². The molecule has 1 aromatic heterocycles. The Morgan fingerprint density at radius 1 is 1.29 bits per heavy atom. The van der Waals surface area contributed by atoms with E-state index in [2.05, 4.69) is 15.3 Å². The van der Waals surface area contributed by atoms with E-state index in [9.17, 15) is 9.90 Å². The molecule has 2 N–H and O–H groups in total. The largest absolute Gasteiger partial charge is 0.497 e. The number of aliphatic hydroxyl groups is 1. The number of likely N-dealkylation sites (tertiary alicyclic amines) is 1. The summed E-state index contributed by atoms with van der Waals surface area (Å²) in [6.07, 6.45) is 6.38. The maximum atomic E-state index is 12.8. The Bertz CT molecular complexity index is 816. The molecule has 0 bridgehead atoms. The number of aliphatic hydroxyl groups excluding tert-OH is 1. The topological polar surface area (TPSA) is 87.6 Å². The SMILES string of the molecule is COc1cccc(CC(=O)N2C[C@H]3C[C@@H](Nc4cnccn4)[C@H](O)C[C@H]3C2)c1. The molecule has 1 amide bonds. The highest BCUT2D eigenvalue weighted by Crippen LogP contribution is 2.37. The highest BCUT2D eigenvalue weighted by atomic mass is 16.5. The lowest BCUT2D eigenvalue weighted by molar-refractivity contribution is -0.129. The normalized spacial score (nSPS) is 26.6. The second-order valence-corrected chi connectivity index (χ2v) is 7.73. The Morgan fingerprint density at radius 3 is 2.86 bits per heavy atom. The van der Waals surface area contributed by atoms with Gasteiger partial charge in [-0.15, -0.1) is 0 Å². The number of amides is 1. The van der Waals surface area contributed by atoms with Crippen molar-refractivity contribution in [3.05, 3.63) is 48.4 Å². The minimum absolute atomic E-state index is 0.0635. The average molecular weight is 382 g/mol. The zero-order chi connectivity index (χ0) is 19.5. The number of nitrogens with one attached hydrogen (secondary N) is 1. The zero-order valence-corrected chi connectivity index (χ0v) is 16.0. The maximum Gasteiger partial charge on any atom is 0.227 e. The van der Waals surface area contributed by atoms with Crippen molar-refractivity contribution in [2.24, 2.45) is 11.8 Å². The van der Waals surface area contributed by atoms with Crippen molar-refractivity contribution in [1.82, 2.24) is 14.9 Å². The molecular formula is C21H26N4O3. The molecule has 1 aromatic carbocycles. The number of anilines is 1. The molecule has 7 nitrogen and oxygen atoms in total. The van der Waals surface area contributed by atoms with Gasteiger partial charge >= 0.3 is 0 Å². The lowest BCUT2D eigenvalue weighted by Gasteiger charge is -2.35. The lowest BCUT2D eigenvalue weighted by atomic mass is 9.77. The predicted octanol–water partition coefficient (Wildman–Crippen LogP) is 1.74. The van der Waals surface area contributed by atoms with E-state index in [-0.39, 0.29) is 11.9 Å².